The Bertz CT molecular complexity index is 694. The number of rotatable bonds is 28. The monoisotopic (exact) mass is 720 g/mol. The van der Waals surface area contributed by atoms with E-state index in [1.165, 1.54) is 0 Å². The first-order valence-corrected chi connectivity index (χ1v) is 17.5. The smallest absolute Gasteiger partial charge is 0.376 e. The van der Waals surface area contributed by atoms with Gasteiger partial charge in [0.2, 0.25) is 0 Å². The summed E-state index contributed by atoms with van der Waals surface area (Å²) in [6.07, 6.45) is 3.11. The summed E-state index contributed by atoms with van der Waals surface area (Å²) in [6.45, 7) is 6.33. The Morgan fingerprint density at radius 3 is 1.33 bits per heavy atom. The van der Waals surface area contributed by atoms with E-state index in [9.17, 15) is 9.13 Å². The third-order valence-electron chi connectivity index (χ3n) is 4.17. The molecular weight excluding hydrogens is 687 g/mol. The number of phosphoric acid groups is 2. The first-order chi connectivity index (χ1) is 18.6. The zero-order chi connectivity index (χ0) is 29.6. The van der Waals surface area contributed by atoms with Gasteiger partial charge < -0.3 is 9.47 Å². The van der Waals surface area contributed by atoms with E-state index in [4.69, 9.17) is 106 Å². The van der Waals surface area contributed by atoms with Gasteiger partial charge in [-0.05, 0) is 0 Å². The van der Waals surface area contributed by atoms with Crippen LogP contribution in [0, 0.1) is 5.41 Å². The van der Waals surface area contributed by atoms with Crippen molar-refractivity contribution in [2.24, 2.45) is 5.41 Å². The van der Waals surface area contributed by atoms with Crippen molar-refractivity contribution < 1.29 is 45.7 Å². The molecule has 232 valence electrons. The second-order valence-electron chi connectivity index (χ2n) is 7.69. The maximum Gasteiger partial charge on any atom is 0.474 e. The largest absolute Gasteiger partial charge is 0.474 e. The molecule has 0 aromatic carbocycles. The molecule has 0 aliphatic carbocycles. The zero-order valence-electron chi connectivity index (χ0n) is 21.4. The number of phosphoric ester groups is 2. The van der Waals surface area contributed by atoms with E-state index in [1.54, 1.807) is 12.2 Å². The van der Waals surface area contributed by atoms with Crippen molar-refractivity contribution in [1.82, 2.24) is 0 Å². The average molecular weight is 723 g/mol. The molecule has 0 aliphatic heterocycles. The third kappa shape index (κ3) is 19.3. The SMILES string of the molecule is C=CCOCC(Cl)COP(=O)(OCCCl)OCC(CCl)(CCl)COP(=O)(OCCCl)OCC(Cl)COCC=C. The van der Waals surface area contributed by atoms with Gasteiger partial charge in [-0.3, -0.25) is 27.1 Å². The Kier molecular flexibility index (Phi) is 24.6. The molecule has 0 saturated heterocycles. The van der Waals surface area contributed by atoms with E-state index in [0.717, 1.165) is 0 Å². The minimum atomic E-state index is -4.18. The molecule has 0 aromatic heterocycles. The number of hydrogen-bond acceptors (Lipinski definition) is 10. The van der Waals surface area contributed by atoms with E-state index < -0.39 is 31.8 Å². The molecule has 4 atom stereocenters. The van der Waals surface area contributed by atoms with Crippen LogP contribution in [-0.2, 0) is 45.7 Å². The highest BCUT2D eigenvalue weighted by atomic mass is 35.5. The molecule has 0 heterocycles. The maximum absolute atomic E-state index is 13.2. The molecule has 0 amide bonds. The lowest BCUT2D eigenvalue weighted by atomic mass is 9.96. The van der Waals surface area contributed by atoms with Crippen LogP contribution < -0.4 is 0 Å². The second-order valence-corrected chi connectivity index (χ2v) is 13.6. The molecule has 0 bridgehead atoms. The molecule has 0 aliphatic rings. The number of hydrogen-bond donors (Lipinski definition) is 0. The molecule has 39 heavy (non-hydrogen) atoms. The van der Waals surface area contributed by atoms with Crippen molar-refractivity contribution >= 4 is 85.3 Å². The lowest BCUT2D eigenvalue weighted by molar-refractivity contribution is 0.0408. The molecule has 0 spiro atoms. The quantitative estimate of drug-likeness (QED) is 0.0368. The third-order valence-corrected chi connectivity index (χ3v) is 8.94. The fraction of sp³-hybridized carbons (Fsp3) is 0.810. The summed E-state index contributed by atoms with van der Waals surface area (Å²) in [5, 5.41) is -1.32. The van der Waals surface area contributed by atoms with Crippen LogP contribution in [0.4, 0.5) is 0 Å². The highest BCUT2D eigenvalue weighted by Crippen LogP contribution is 2.53. The van der Waals surface area contributed by atoms with E-state index >= 15 is 0 Å². The van der Waals surface area contributed by atoms with Crippen LogP contribution in [0.25, 0.3) is 0 Å². The summed E-state index contributed by atoms with van der Waals surface area (Å²) in [6, 6.07) is 0. The number of ether oxygens (including phenoxy) is 2. The molecule has 10 nitrogen and oxygen atoms in total. The van der Waals surface area contributed by atoms with Crippen molar-refractivity contribution in [2.75, 3.05) is 89.6 Å². The Balaban J connectivity index is 5.32. The average Bonchev–Trinajstić information content (AvgIpc) is 2.94. The minimum Gasteiger partial charge on any atom is -0.376 e. The summed E-state index contributed by atoms with van der Waals surface area (Å²) < 4.78 is 69.0. The van der Waals surface area contributed by atoms with Crippen LogP contribution in [0.15, 0.2) is 25.3 Å². The van der Waals surface area contributed by atoms with E-state index in [-0.39, 0.29) is 89.6 Å². The number of halogens is 6. The lowest BCUT2D eigenvalue weighted by Crippen LogP contribution is -2.36. The van der Waals surface area contributed by atoms with Gasteiger partial charge in [-0.2, -0.15) is 0 Å². The predicted octanol–water partition coefficient (Wildman–Crippen LogP) is 6.86. The van der Waals surface area contributed by atoms with Crippen molar-refractivity contribution in [1.29, 1.82) is 0 Å². The molecule has 0 aromatic rings. The lowest BCUT2D eigenvalue weighted by Gasteiger charge is -2.31. The second kappa shape index (κ2) is 23.8. The van der Waals surface area contributed by atoms with Gasteiger partial charge in [0.1, 0.15) is 0 Å². The van der Waals surface area contributed by atoms with Crippen molar-refractivity contribution in [3.63, 3.8) is 0 Å². The Morgan fingerprint density at radius 2 is 1.03 bits per heavy atom. The molecular formula is C21H36Cl6O10P2. The van der Waals surface area contributed by atoms with Crippen molar-refractivity contribution in [3.8, 4) is 0 Å². The molecule has 0 radical (unpaired) electrons. The van der Waals surface area contributed by atoms with Gasteiger partial charge in [-0.1, -0.05) is 12.2 Å². The molecule has 0 rings (SSSR count). The highest BCUT2D eigenvalue weighted by Gasteiger charge is 2.39. The van der Waals surface area contributed by atoms with Crippen LogP contribution >= 0.6 is 85.3 Å². The molecule has 18 heteroatoms. The summed E-state index contributed by atoms with van der Waals surface area (Å²) >= 11 is 35.9. The van der Waals surface area contributed by atoms with Gasteiger partial charge in [0.05, 0.1) is 76.8 Å². The van der Waals surface area contributed by atoms with Gasteiger partial charge >= 0.3 is 15.6 Å². The predicted molar refractivity (Wildman–Crippen MR) is 158 cm³/mol. The normalized spacial score (nSPS) is 16.8. The Labute approximate surface area is 260 Å². The summed E-state index contributed by atoms with van der Waals surface area (Å²) in [7, 11) is -8.36. The van der Waals surface area contributed by atoms with Crippen molar-refractivity contribution in [3.05, 3.63) is 25.3 Å². The first-order valence-electron chi connectivity index (χ1n) is 11.5. The van der Waals surface area contributed by atoms with Gasteiger partial charge in [0.15, 0.2) is 0 Å². The topological polar surface area (TPSA) is 108 Å². The molecule has 0 fully saturated rings. The van der Waals surface area contributed by atoms with Gasteiger partial charge in [0, 0.05) is 28.9 Å². The van der Waals surface area contributed by atoms with Gasteiger partial charge in [0.25, 0.3) is 0 Å². The fourth-order valence-electron chi connectivity index (χ4n) is 2.18. The zero-order valence-corrected chi connectivity index (χ0v) is 27.7. The van der Waals surface area contributed by atoms with Crippen LogP contribution in [0.1, 0.15) is 0 Å². The van der Waals surface area contributed by atoms with Crippen LogP contribution in [-0.4, -0.2) is 100 Å². The Hall–Kier alpha value is 1.36. The standard InChI is InChI=1S/C21H36Cl6O10P2/c1-3-7-30-11-19(26)13-34-38(28,32-9-5-22)36-17-21(15-24,16-25)18-37-39(29,33-10-6-23)35-14-20(27)12-31-8-4-2/h3-4,19-20H,1-2,5-18H2. The fourth-order valence-corrected chi connectivity index (χ4v) is 6.29. The molecule has 0 N–H and O–H groups in total. The first kappa shape index (κ1) is 40.4. The van der Waals surface area contributed by atoms with E-state index in [2.05, 4.69) is 13.2 Å². The Morgan fingerprint density at radius 1 is 0.641 bits per heavy atom. The number of alkyl halides is 6. The summed E-state index contributed by atoms with van der Waals surface area (Å²) in [5.74, 6) is -0.298. The molecule has 4 unspecified atom stereocenters. The van der Waals surface area contributed by atoms with E-state index in [0.29, 0.717) is 0 Å². The molecule has 0 saturated carbocycles. The summed E-state index contributed by atoms with van der Waals surface area (Å²) in [4.78, 5) is 0. The highest BCUT2D eigenvalue weighted by molar-refractivity contribution is 7.48. The van der Waals surface area contributed by atoms with Crippen LogP contribution in [0.5, 0.6) is 0 Å². The summed E-state index contributed by atoms with van der Waals surface area (Å²) in [5.41, 5.74) is -1.23. The minimum absolute atomic E-state index is 0.0152. The van der Waals surface area contributed by atoms with Gasteiger partial charge in [-0.15, -0.1) is 82.8 Å². The van der Waals surface area contributed by atoms with Gasteiger partial charge in [-0.25, -0.2) is 9.13 Å². The van der Waals surface area contributed by atoms with E-state index in [1.807, 2.05) is 0 Å². The van der Waals surface area contributed by atoms with Crippen LogP contribution in [0.3, 0.4) is 0 Å². The van der Waals surface area contributed by atoms with Crippen LogP contribution in [0.2, 0.25) is 0 Å². The van der Waals surface area contributed by atoms with Crippen molar-refractivity contribution in [2.45, 2.75) is 10.8 Å². The maximum atomic E-state index is 13.2.